The molecule has 0 aliphatic carbocycles. The zero-order valence-corrected chi connectivity index (χ0v) is 9.59. The second-order valence-corrected chi connectivity index (χ2v) is 4.18. The van der Waals surface area contributed by atoms with Gasteiger partial charge in [0.25, 0.3) is 0 Å². The van der Waals surface area contributed by atoms with Gasteiger partial charge in [-0.2, -0.15) is 0 Å². The molecular formula is C11H13ClO3. The van der Waals surface area contributed by atoms with Gasteiger partial charge in [-0.05, 0) is 30.0 Å². The number of rotatable bonds is 2. The van der Waals surface area contributed by atoms with E-state index in [0.717, 1.165) is 0 Å². The lowest BCUT2D eigenvalue weighted by Crippen LogP contribution is -2.06. The van der Waals surface area contributed by atoms with Crippen LogP contribution in [0.1, 0.15) is 41.3 Å². The third-order valence-electron chi connectivity index (χ3n) is 2.27. The first-order valence-electron chi connectivity index (χ1n) is 4.61. The van der Waals surface area contributed by atoms with Gasteiger partial charge >= 0.3 is 5.97 Å². The first-order chi connectivity index (χ1) is 6.86. The van der Waals surface area contributed by atoms with E-state index >= 15 is 0 Å². The van der Waals surface area contributed by atoms with Crippen molar-refractivity contribution in [2.45, 2.75) is 26.7 Å². The maximum absolute atomic E-state index is 11.0. The molecule has 3 nitrogen and oxygen atoms in total. The summed E-state index contributed by atoms with van der Waals surface area (Å²) >= 11 is 5.97. The molecule has 1 aromatic carbocycles. The maximum atomic E-state index is 11.0. The molecule has 0 aromatic heterocycles. The fourth-order valence-electron chi connectivity index (χ4n) is 1.56. The number of carboxylic acids is 1. The van der Waals surface area contributed by atoms with Crippen LogP contribution in [-0.4, -0.2) is 16.2 Å². The Hall–Kier alpha value is -1.22. The van der Waals surface area contributed by atoms with Crippen molar-refractivity contribution in [3.05, 3.63) is 27.8 Å². The first-order valence-corrected chi connectivity index (χ1v) is 4.99. The van der Waals surface area contributed by atoms with E-state index in [4.69, 9.17) is 16.7 Å². The number of phenols is 1. The Morgan fingerprint density at radius 1 is 1.47 bits per heavy atom. The number of carbonyl (C=O) groups is 1. The smallest absolute Gasteiger partial charge is 0.339 e. The number of halogens is 1. The molecule has 0 amide bonds. The van der Waals surface area contributed by atoms with Crippen molar-refractivity contribution >= 4 is 17.6 Å². The van der Waals surface area contributed by atoms with Crippen LogP contribution in [0.15, 0.2) is 6.07 Å². The molecule has 0 unspecified atom stereocenters. The summed E-state index contributed by atoms with van der Waals surface area (Å²) in [7, 11) is 0. The molecule has 0 bridgehead atoms. The van der Waals surface area contributed by atoms with Gasteiger partial charge in [-0.15, -0.1) is 0 Å². The van der Waals surface area contributed by atoms with Gasteiger partial charge in [0.05, 0.1) is 0 Å². The summed E-state index contributed by atoms with van der Waals surface area (Å²) in [5.74, 6) is -1.40. The lowest BCUT2D eigenvalue weighted by Gasteiger charge is -2.15. The zero-order chi connectivity index (χ0) is 11.7. The predicted octanol–water partition coefficient (Wildman–Crippen LogP) is 3.18. The Morgan fingerprint density at radius 2 is 2.00 bits per heavy atom. The van der Waals surface area contributed by atoms with Crippen LogP contribution in [0.3, 0.4) is 0 Å². The number of hydrogen-bond donors (Lipinski definition) is 2. The molecule has 0 radical (unpaired) electrons. The molecular weight excluding hydrogens is 216 g/mol. The number of carboxylic acid groups (broad SMARTS) is 1. The summed E-state index contributed by atoms with van der Waals surface area (Å²) in [6, 6.07) is 1.58. The minimum atomic E-state index is -1.15. The van der Waals surface area contributed by atoms with Crippen molar-refractivity contribution in [1.82, 2.24) is 0 Å². The molecule has 0 aliphatic heterocycles. The standard InChI is InChI=1S/C11H13ClO3/c1-5(2)8-7(12)4-6(3)10(13)9(8)11(14)15/h4-5,13H,1-3H3,(H,14,15). The van der Waals surface area contributed by atoms with Crippen LogP contribution in [0.4, 0.5) is 0 Å². The van der Waals surface area contributed by atoms with Crippen LogP contribution < -0.4 is 0 Å². The average Bonchev–Trinajstić information content (AvgIpc) is 2.09. The van der Waals surface area contributed by atoms with Gasteiger partial charge in [0, 0.05) is 5.02 Å². The number of aryl methyl sites for hydroxylation is 1. The Labute approximate surface area is 93.3 Å². The SMILES string of the molecule is Cc1cc(Cl)c(C(C)C)c(C(=O)O)c1O. The van der Waals surface area contributed by atoms with Crippen LogP contribution in [0.5, 0.6) is 5.75 Å². The summed E-state index contributed by atoms with van der Waals surface area (Å²) in [6.45, 7) is 5.29. The van der Waals surface area contributed by atoms with Crippen LogP contribution in [0, 0.1) is 6.92 Å². The molecule has 1 aromatic rings. The monoisotopic (exact) mass is 228 g/mol. The third kappa shape index (κ3) is 2.07. The van der Waals surface area contributed by atoms with Crippen molar-refractivity contribution in [2.24, 2.45) is 0 Å². The zero-order valence-electron chi connectivity index (χ0n) is 8.84. The molecule has 0 saturated carbocycles. The second-order valence-electron chi connectivity index (χ2n) is 3.77. The first kappa shape index (κ1) is 11.9. The Kier molecular flexibility index (Phi) is 3.25. The number of benzene rings is 1. The third-order valence-corrected chi connectivity index (χ3v) is 2.58. The van der Waals surface area contributed by atoms with Crippen molar-refractivity contribution in [3.63, 3.8) is 0 Å². The van der Waals surface area contributed by atoms with Crippen LogP contribution >= 0.6 is 11.6 Å². The topological polar surface area (TPSA) is 57.5 Å². The van der Waals surface area contributed by atoms with E-state index in [1.54, 1.807) is 13.0 Å². The molecule has 15 heavy (non-hydrogen) atoms. The molecule has 0 spiro atoms. The normalized spacial score (nSPS) is 10.7. The summed E-state index contributed by atoms with van der Waals surface area (Å²) in [5.41, 5.74) is 0.865. The van der Waals surface area contributed by atoms with Gasteiger partial charge in [0.15, 0.2) is 0 Å². The highest BCUT2D eigenvalue weighted by atomic mass is 35.5. The van der Waals surface area contributed by atoms with E-state index in [0.29, 0.717) is 16.1 Å². The molecule has 0 heterocycles. The lowest BCUT2D eigenvalue weighted by atomic mass is 9.94. The van der Waals surface area contributed by atoms with Crippen molar-refractivity contribution < 1.29 is 15.0 Å². The highest BCUT2D eigenvalue weighted by molar-refractivity contribution is 6.32. The van der Waals surface area contributed by atoms with Gasteiger partial charge in [-0.25, -0.2) is 4.79 Å². The summed E-state index contributed by atoms with van der Waals surface area (Å²) in [5, 5.41) is 19.1. The van der Waals surface area contributed by atoms with Gasteiger partial charge in [0.1, 0.15) is 11.3 Å². The van der Waals surface area contributed by atoms with Gasteiger partial charge in [0.2, 0.25) is 0 Å². The lowest BCUT2D eigenvalue weighted by molar-refractivity contribution is 0.0692. The highest BCUT2D eigenvalue weighted by Gasteiger charge is 2.22. The second kappa shape index (κ2) is 4.11. The Bertz CT molecular complexity index is 411. The number of hydrogen-bond acceptors (Lipinski definition) is 2. The van der Waals surface area contributed by atoms with Crippen LogP contribution in [0.2, 0.25) is 5.02 Å². The van der Waals surface area contributed by atoms with E-state index in [1.807, 2.05) is 13.8 Å². The number of aromatic carboxylic acids is 1. The van der Waals surface area contributed by atoms with E-state index in [2.05, 4.69) is 0 Å². The summed E-state index contributed by atoms with van der Waals surface area (Å²) in [4.78, 5) is 11.0. The van der Waals surface area contributed by atoms with E-state index in [-0.39, 0.29) is 17.2 Å². The van der Waals surface area contributed by atoms with Gasteiger partial charge < -0.3 is 10.2 Å². The Balaban J connectivity index is 3.62. The maximum Gasteiger partial charge on any atom is 0.339 e. The Morgan fingerprint density at radius 3 is 2.40 bits per heavy atom. The molecule has 4 heteroatoms. The summed E-state index contributed by atoms with van der Waals surface area (Å²) in [6.07, 6.45) is 0. The molecule has 0 saturated heterocycles. The molecule has 2 N–H and O–H groups in total. The van der Waals surface area contributed by atoms with Crippen LogP contribution in [0.25, 0.3) is 0 Å². The van der Waals surface area contributed by atoms with Crippen LogP contribution in [-0.2, 0) is 0 Å². The highest BCUT2D eigenvalue weighted by Crippen LogP contribution is 2.35. The molecule has 82 valence electrons. The number of aromatic hydroxyl groups is 1. The largest absolute Gasteiger partial charge is 0.507 e. The van der Waals surface area contributed by atoms with E-state index < -0.39 is 5.97 Å². The fraction of sp³-hybridized carbons (Fsp3) is 0.364. The van der Waals surface area contributed by atoms with E-state index in [9.17, 15) is 9.90 Å². The molecule has 0 fully saturated rings. The minimum Gasteiger partial charge on any atom is -0.507 e. The minimum absolute atomic E-state index is 0.0462. The van der Waals surface area contributed by atoms with Crippen molar-refractivity contribution in [3.8, 4) is 5.75 Å². The van der Waals surface area contributed by atoms with Crippen molar-refractivity contribution in [2.75, 3.05) is 0 Å². The fourth-order valence-corrected chi connectivity index (χ4v) is 2.04. The molecule has 0 atom stereocenters. The predicted molar refractivity (Wildman–Crippen MR) is 58.9 cm³/mol. The average molecular weight is 229 g/mol. The van der Waals surface area contributed by atoms with E-state index in [1.165, 1.54) is 0 Å². The van der Waals surface area contributed by atoms with Gasteiger partial charge in [-0.1, -0.05) is 25.4 Å². The quantitative estimate of drug-likeness (QED) is 0.818. The van der Waals surface area contributed by atoms with Crippen molar-refractivity contribution in [1.29, 1.82) is 0 Å². The molecule has 1 rings (SSSR count). The van der Waals surface area contributed by atoms with Gasteiger partial charge in [-0.3, -0.25) is 0 Å². The summed E-state index contributed by atoms with van der Waals surface area (Å²) < 4.78 is 0. The molecule has 0 aliphatic rings.